The molecule has 4 N–H and O–H groups in total. The predicted molar refractivity (Wildman–Crippen MR) is 72.8 cm³/mol. The van der Waals surface area contributed by atoms with Crippen molar-refractivity contribution in [2.75, 3.05) is 5.73 Å². The number of nitrogens with one attached hydrogen (secondary N) is 2. The lowest BCUT2D eigenvalue weighted by Crippen LogP contribution is -1.94. The quantitative estimate of drug-likeness (QED) is 0.410. The number of anilines is 1. The SMILES string of the molecule is Nc1nc(Cl)c2[nH]cnc2n1.c1ncc2[nH]cnc2n1. The van der Waals surface area contributed by atoms with Gasteiger partial charge in [0.25, 0.3) is 0 Å². The number of halogens is 1. The first kappa shape index (κ1) is 12.2. The van der Waals surface area contributed by atoms with Crippen molar-refractivity contribution < 1.29 is 0 Å². The molecule has 0 aliphatic heterocycles. The highest BCUT2D eigenvalue weighted by Gasteiger charge is 2.04. The van der Waals surface area contributed by atoms with Gasteiger partial charge in [-0.05, 0) is 0 Å². The van der Waals surface area contributed by atoms with Gasteiger partial charge in [-0.25, -0.2) is 19.9 Å². The number of H-pyrrole nitrogens is 2. The van der Waals surface area contributed by atoms with Crippen molar-refractivity contribution in [2.45, 2.75) is 0 Å². The minimum atomic E-state index is 0.134. The lowest BCUT2D eigenvalue weighted by molar-refractivity contribution is 1.20. The molecule has 0 amide bonds. The first-order chi connectivity index (χ1) is 9.74. The molecule has 0 aromatic carbocycles. The van der Waals surface area contributed by atoms with Crippen LogP contribution in [0, 0.1) is 0 Å². The van der Waals surface area contributed by atoms with Crippen LogP contribution in [0.2, 0.25) is 5.15 Å². The van der Waals surface area contributed by atoms with Crippen LogP contribution in [0.1, 0.15) is 0 Å². The number of nitrogen functional groups attached to an aromatic ring is 1. The number of nitrogens with two attached hydrogens (primary N) is 1. The van der Waals surface area contributed by atoms with Gasteiger partial charge >= 0.3 is 0 Å². The van der Waals surface area contributed by atoms with Crippen molar-refractivity contribution in [1.82, 2.24) is 39.9 Å². The van der Waals surface area contributed by atoms with Crippen LogP contribution in [0.5, 0.6) is 0 Å². The summed E-state index contributed by atoms with van der Waals surface area (Å²) in [6.45, 7) is 0. The molecule has 0 atom stereocenters. The molecule has 4 aromatic heterocycles. The van der Waals surface area contributed by atoms with Crippen molar-refractivity contribution in [2.24, 2.45) is 0 Å². The maximum absolute atomic E-state index is 5.70. The Labute approximate surface area is 116 Å². The van der Waals surface area contributed by atoms with Gasteiger partial charge in [0.05, 0.1) is 18.9 Å². The van der Waals surface area contributed by atoms with Gasteiger partial charge in [-0.1, -0.05) is 11.6 Å². The molecule has 4 rings (SSSR count). The third-order valence-corrected chi connectivity index (χ3v) is 2.63. The Balaban J connectivity index is 0.000000123. The number of hydrogen-bond donors (Lipinski definition) is 3. The molecule has 0 spiro atoms. The van der Waals surface area contributed by atoms with Gasteiger partial charge in [0, 0.05) is 0 Å². The number of aromatic amines is 2. The Morgan fingerprint density at radius 1 is 1.00 bits per heavy atom. The van der Waals surface area contributed by atoms with Crippen molar-refractivity contribution in [3.8, 4) is 0 Å². The van der Waals surface area contributed by atoms with Gasteiger partial charge in [-0.2, -0.15) is 9.97 Å². The summed E-state index contributed by atoms with van der Waals surface area (Å²) < 4.78 is 0. The standard InChI is InChI=1S/C5H4ClN5.C5H4N4/c6-3-2-4(9-1-8-2)11-5(7)10-3;1-4-5(8-2-6-1)9-3-7-4/h1H,(H3,7,8,9,10,11);1-3H,(H,6,7,8,9). The van der Waals surface area contributed by atoms with Gasteiger partial charge in [-0.3, -0.25) is 0 Å². The maximum atomic E-state index is 5.70. The van der Waals surface area contributed by atoms with Gasteiger partial charge in [-0.15, -0.1) is 0 Å². The Morgan fingerprint density at radius 3 is 2.65 bits per heavy atom. The van der Waals surface area contributed by atoms with Crippen molar-refractivity contribution >= 4 is 39.9 Å². The molecule has 9 nitrogen and oxygen atoms in total. The number of fused-ring (bicyclic) bond motifs is 2. The number of nitrogens with zero attached hydrogens (tertiary/aromatic N) is 6. The maximum Gasteiger partial charge on any atom is 0.223 e. The van der Waals surface area contributed by atoms with E-state index in [0.717, 1.165) is 5.52 Å². The highest BCUT2D eigenvalue weighted by Crippen LogP contribution is 2.16. The zero-order valence-electron chi connectivity index (χ0n) is 9.95. The van der Waals surface area contributed by atoms with E-state index in [1.807, 2.05) is 0 Å². The van der Waals surface area contributed by atoms with Crippen LogP contribution in [0.3, 0.4) is 0 Å². The molecular formula is C10H8ClN9. The third-order valence-electron chi connectivity index (χ3n) is 2.36. The van der Waals surface area contributed by atoms with Crippen LogP contribution >= 0.6 is 11.6 Å². The molecule has 0 saturated carbocycles. The largest absolute Gasteiger partial charge is 0.368 e. The van der Waals surface area contributed by atoms with E-state index >= 15 is 0 Å². The molecule has 20 heavy (non-hydrogen) atoms. The van der Waals surface area contributed by atoms with E-state index in [4.69, 9.17) is 17.3 Å². The number of rotatable bonds is 0. The first-order valence-electron chi connectivity index (χ1n) is 5.45. The number of aromatic nitrogens is 8. The van der Waals surface area contributed by atoms with Crippen LogP contribution in [0.25, 0.3) is 22.3 Å². The van der Waals surface area contributed by atoms with E-state index in [9.17, 15) is 0 Å². The molecule has 0 aliphatic carbocycles. The molecule has 0 bridgehead atoms. The zero-order valence-corrected chi connectivity index (χ0v) is 10.7. The minimum absolute atomic E-state index is 0.134. The average Bonchev–Trinajstić information content (AvgIpc) is 3.06. The van der Waals surface area contributed by atoms with E-state index in [2.05, 4.69) is 39.9 Å². The monoisotopic (exact) mass is 289 g/mol. The van der Waals surface area contributed by atoms with E-state index in [1.54, 1.807) is 12.5 Å². The van der Waals surface area contributed by atoms with Crippen LogP contribution in [-0.4, -0.2) is 39.9 Å². The molecule has 0 radical (unpaired) electrons. The second kappa shape index (κ2) is 5.05. The Morgan fingerprint density at radius 2 is 1.80 bits per heavy atom. The van der Waals surface area contributed by atoms with Gasteiger partial charge < -0.3 is 15.7 Å². The topological polar surface area (TPSA) is 135 Å². The van der Waals surface area contributed by atoms with Gasteiger partial charge in [0.15, 0.2) is 16.4 Å². The van der Waals surface area contributed by atoms with E-state index in [1.165, 1.54) is 12.7 Å². The fourth-order valence-corrected chi connectivity index (χ4v) is 1.73. The molecule has 0 fully saturated rings. The van der Waals surface area contributed by atoms with Crippen LogP contribution in [0.4, 0.5) is 5.95 Å². The average molecular weight is 290 g/mol. The molecule has 0 unspecified atom stereocenters. The summed E-state index contributed by atoms with van der Waals surface area (Å²) in [5, 5.41) is 0.296. The summed E-state index contributed by atoms with van der Waals surface area (Å²) in [6, 6.07) is 0. The zero-order chi connectivity index (χ0) is 13.9. The lowest BCUT2D eigenvalue weighted by atomic mass is 10.6. The molecule has 100 valence electrons. The first-order valence-corrected chi connectivity index (χ1v) is 5.83. The normalized spacial score (nSPS) is 10.4. The van der Waals surface area contributed by atoms with Crippen LogP contribution < -0.4 is 5.73 Å². The van der Waals surface area contributed by atoms with E-state index in [-0.39, 0.29) is 5.95 Å². The van der Waals surface area contributed by atoms with Gasteiger partial charge in [0.2, 0.25) is 5.95 Å². The molecule has 4 heterocycles. The molecular weight excluding hydrogens is 282 g/mol. The summed E-state index contributed by atoms with van der Waals surface area (Å²) in [5.74, 6) is 0.134. The molecule has 4 aromatic rings. The smallest absolute Gasteiger partial charge is 0.223 e. The highest BCUT2D eigenvalue weighted by molar-refractivity contribution is 6.33. The van der Waals surface area contributed by atoms with Crippen molar-refractivity contribution in [3.05, 3.63) is 30.3 Å². The van der Waals surface area contributed by atoms with Crippen molar-refractivity contribution in [3.63, 3.8) is 0 Å². The summed E-state index contributed by atoms with van der Waals surface area (Å²) in [5.41, 5.74) is 8.01. The Kier molecular flexibility index (Phi) is 3.09. The summed E-state index contributed by atoms with van der Waals surface area (Å²) in [7, 11) is 0. The Bertz CT molecular complexity index is 822. The molecule has 0 aliphatic rings. The summed E-state index contributed by atoms with van der Waals surface area (Å²) in [4.78, 5) is 28.7. The predicted octanol–water partition coefficient (Wildman–Crippen LogP) is 0.941. The third kappa shape index (κ3) is 2.34. The molecule has 0 saturated heterocycles. The molecule has 10 heteroatoms. The number of imidazole rings is 2. The van der Waals surface area contributed by atoms with Gasteiger partial charge in [0.1, 0.15) is 17.4 Å². The summed E-state index contributed by atoms with van der Waals surface area (Å²) >= 11 is 5.70. The minimum Gasteiger partial charge on any atom is -0.368 e. The van der Waals surface area contributed by atoms with Crippen LogP contribution in [0.15, 0.2) is 25.2 Å². The second-order valence-corrected chi connectivity index (χ2v) is 3.99. The Hall–Kier alpha value is -2.81. The van der Waals surface area contributed by atoms with E-state index in [0.29, 0.717) is 22.0 Å². The fraction of sp³-hybridized carbons (Fsp3) is 0. The fourth-order valence-electron chi connectivity index (χ4n) is 1.50. The highest BCUT2D eigenvalue weighted by atomic mass is 35.5. The van der Waals surface area contributed by atoms with Crippen molar-refractivity contribution in [1.29, 1.82) is 0 Å². The lowest BCUT2D eigenvalue weighted by Gasteiger charge is -1.92. The second-order valence-electron chi connectivity index (χ2n) is 3.64. The number of hydrogen-bond acceptors (Lipinski definition) is 7. The van der Waals surface area contributed by atoms with E-state index < -0.39 is 0 Å². The van der Waals surface area contributed by atoms with Crippen LogP contribution in [-0.2, 0) is 0 Å². The summed E-state index contributed by atoms with van der Waals surface area (Å²) in [6.07, 6.45) is 6.25.